The molecule has 2 heteroatoms. The second-order valence-electron chi connectivity index (χ2n) is 1.82. The Bertz CT molecular complexity index is 65.9. The van der Waals surface area contributed by atoms with Crippen LogP contribution in [0.4, 0.5) is 0 Å². The molecule has 2 rings (SSSR count). The predicted octanol–water partition coefficient (Wildman–Crippen LogP) is 0.375. The molecule has 2 aliphatic rings. The molecule has 6 heavy (non-hydrogen) atoms. The number of rotatable bonds is 0. The van der Waals surface area contributed by atoms with E-state index in [0.29, 0.717) is 0 Å². The quantitative estimate of drug-likeness (QED) is 0.406. The fraction of sp³-hybridized carbons (Fsp3) is 1.00. The summed E-state index contributed by atoms with van der Waals surface area (Å²) in [7, 11) is 0. The number of nitrogens with zero attached hydrogens (tertiary/aromatic N) is 1. The molecule has 2 saturated heterocycles. The Labute approximate surface area is 41.7 Å². The Morgan fingerprint density at radius 2 is 2.67 bits per heavy atom. The lowest BCUT2D eigenvalue weighted by atomic mass is 10.8. The van der Waals surface area contributed by atoms with Crippen molar-refractivity contribution in [2.75, 3.05) is 18.8 Å². The van der Waals surface area contributed by atoms with Crippen molar-refractivity contribution in [1.29, 1.82) is 0 Å². The number of thioether (sulfide) groups is 1. The summed E-state index contributed by atoms with van der Waals surface area (Å²) in [5, 5.41) is 0.963. The van der Waals surface area contributed by atoms with Crippen LogP contribution in [0.25, 0.3) is 0 Å². The zero-order valence-electron chi connectivity index (χ0n) is 3.55. The second kappa shape index (κ2) is 0.928. The minimum atomic E-state index is 0.963. The van der Waals surface area contributed by atoms with Crippen molar-refractivity contribution in [3.05, 3.63) is 0 Å². The van der Waals surface area contributed by atoms with Crippen molar-refractivity contribution >= 4 is 11.8 Å². The van der Waals surface area contributed by atoms with Gasteiger partial charge in [-0.05, 0) is 0 Å². The topological polar surface area (TPSA) is 3.01 Å². The van der Waals surface area contributed by atoms with Crippen molar-refractivity contribution in [1.82, 2.24) is 4.90 Å². The summed E-state index contributed by atoms with van der Waals surface area (Å²) in [4.78, 5) is 2.49. The molecule has 1 nitrogen and oxygen atoms in total. The fourth-order valence-corrected chi connectivity index (χ4v) is 2.08. The lowest BCUT2D eigenvalue weighted by Gasteiger charge is -1.82. The molecule has 0 saturated carbocycles. The maximum absolute atomic E-state index is 2.49. The van der Waals surface area contributed by atoms with Crippen LogP contribution in [0, 0.1) is 0 Å². The smallest absolute Gasteiger partial charge is 0.0688 e. The second-order valence-corrected chi connectivity index (χ2v) is 3.11. The number of hydrogen-bond acceptors (Lipinski definition) is 2. The first-order valence-electron chi connectivity index (χ1n) is 2.32. The molecule has 0 spiro atoms. The van der Waals surface area contributed by atoms with E-state index in [2.05, 4.69) is 16.7 Å². The van der Waals surface area contributed by atoms with Crippen molar-refractivity contribution in [3.8, 4) is 0 Å². The zero-order chi connectivity index (χ0) is 3.98. The van der Waals surface area contributed by atoms with Crippen LogP contribution >= 0.6 is 11.8 Å². The van der Waals surface area contributed by atoms with Gasteiger partial charge in [-0.3, -0.25) is 4.90 Å². The summed E-state index contributed by atoms with van der Waals surface area (Å²) < 4.78 is 0. The molecular formula is C4H7NS. The molecule has 2 heterocycles. The van der Waals surface area contributed by atoms with Crippen LogP contribution in [-0.2, 0) is 0 Å². The van der Waals surface area contributed by atoms with E-state index in [9.17, 15) is 0 Å². The maximum Gasteiger partial charge on any atom is 0.0688 e. The van der Waals surface area contributed by atoms with Crippen LogP contribution in [0.5, 0.6) is 0 Å². The lowest BCUT2D eigenvalue weighted by molar-refractivity contribution is 0.607. The van der Waals surface area contributed by atoms with Gasteiger partial charge >= 0.3 is 0 Å². The van der Waals surface area contributed by atoms with E-state index in [1.54, 1.807) is 0 Å². The van der Waals surface area contributed by atoms with E-state index in [0.717, 1.165) is 5.37 Å². The van der Waals surface area contributed by atoms with Crippen LogP contribution in [0.2, 0.25) is 0 Å². The molecule has 0 N–H and O–H groups in total. The van der Waals surface area contributed by atoms with Crippen LogP contribution < -0.4 is 0 Å². The minimum absolute atomic E-state index is 0.963. The minimum Gasteiger partial charge on any atom is -0.287 e. The van der Waals surface area contributed by atoms with Gasteiger partial charge in [0.2, 0.25) is 0 Å². The van der Waals surface area contributed by atoms with Crippen molar-refractivity contribution < 1.29 is 0 Å². The number of hydrogen-bond donors (Lipinski definition) is 0. The van der Waals surface area contributed by atoms with Gasteiger partial charge in [0.25, 0.3) is 0 Å². The van der Waals surface area contributed by atoms with Gasteiger partial charge in [0.1, 0.15) is 0 Å². The van der Waals surface area contributed by atoms with Crippen LogP contribution in [0.15, 0.2) is 0 Å². The van der Waals surface area contributed by atoms with Gasteiger partial charge in [-0.25, -0.2) is 0 Å². The van der Waals surface area contributed by atoms with E-state index in [4.69, 9.17) is 0 Å². The monoisotopic (exact) mass is 101 g/mol. The maximum atomic E-state index is 2.49. The van der Waals surface area contributed by atoms with E-state index in [1.165, 1.54) is 18.8 Å². The first kappa shape index (κ1) is 3.33. The molecule has 0 aliphatic carbocycles. The molecule has 2 aliphatic heterocycles. The summed E-state index contributed by atoms with van der Waals surface area (Å²) in [6, 6.07) is 0. The highest BCUT2D eigenvalue weighted by molar-refractivity contribution is 8.00. The van der Waals surface area contributed by atoms with Crippen LogP contribution in [0.1, 0.15) is 0 Å². The molecule has 34 valence electrons. The average molecular weight is 101 g/mol. The Morgan fingerprint density at radius 1 is 1.67 bits per heavy atom. The molecule has 2 unspecified atom stereocenters. The third-order valence-electron chi connectivity index (χ3n) is 1.35. The highest BCUT2D eigenvalue weighted by atomic mass is 32.2. The first-order chi connectivity index (χ1) is 2.97. The van der Waals surface area contributed by atoms with Crippen LogP contribution in [-0.4, -0.2) is 29.1 Å². The molecular weight excluding hydrogens is 94.1 g/mol. The molecule has 0 aromatic rings. The van der Waals surface area contributed by atoms with Gasteiger partial charge in [-0.2, -0.15) is 0 Å². The Hall–Kier alpha value is 0.310. The molecule has 0 aromatic carbocycles. The van der Waals surface area contributed by atoms with E-state index in [-0.39, 0.29) is 0 Å². The highest BCUT2D eigenvalue weighted by Gasteiger charge is 2.38. The molecule has 0 bridgehead atoms. The normalized spacial score (nSPS) is 52.0. The number of fused-ring (bicyclic) bond motifs is 1. The Kier molecular flexibility index (Phi) is 0.515. The third kappa shape index (κ3) is 0.312. The molecule has 0 aromatic heterocycles. The lowest BCUT2D eigenvalue weighted by Crippen LogP contribution is -1.94. The summed E-state index contributed by atoms with van der Waals surface area (Å²) >= 11 is 2.10. The van der Waals surface area contributed by atoms with Crippen molar-refractivity contribution in [3.63, 3.8) is 0 Å². The summed E-state index contributed by atoms with van der Waals surface area (Å²) in [6.07, 6.45) is 0. The SMILES string of the molecule is C1CN2CC2S1. The molecule has 0 amide bonds. The fourth-order valence-electron chi connectivity index (χ4n) is 0.853. The van der Waals surface area contributed by atoms with Crippen molar-refractivity contribution in [2.45, 2.75) is 5.37 Å². The Balaban J connectivity index is 2.09. The predicted molar refractivity (Wildman–Crippen MR) is 27.8 cm³/mol. The Morgan fingerprint density at radius 3 is 2.83 bits per heavy atom. The van der Waals surface area contributed by atoms with Crippen LogP contribution in [0.3, 0.4) is 0 Å². The third-order valence-corrected chi connectivity index (χ3v) is 2.60. The van der Waals surface area contributed by atoms with E-state index < -0.39 is 0 Å². The molecule has 2 atom stereocenters. The average Bonchev–Trinajstić information content (AvgIpc) is 2.17. The largest absolute Gasteiger partial charge is 0.287 e. The van der Waals surface area contributed by atoms with Gasteiger partial charge < -0.3 is 0 Å². The zero-order valence-corrected chi connectivity index (χ0v) is 4.37. The van der Waals surface area contributed by atoms with E-state index in [1.807, 2.05) is 0 Å². The summed E-state index contributed by atoms with van der Waals surface area (Å²) in [5.74, 6) is 1.38. The highest BCUT2D eigenvalue weighted by Crippen LogP contribution is 2.34. The van der Waals surface area contributed by atoms with Gasteiger partial charge in [-0.1, -0.05) is 0 Å². The standard InChI is InChI=1S/C4H7NS/c1-2-6-4-3-5(1)4/h4H,1-3H2. The first-order valence-corrected chi connectivity index (χ1v) is 3.37. The summed E-state index contributed by atoms with van der Waals surface area (Å²) in [5.41, 5.74) is 0. The molecule has 0 radical (unpaired) electrons. The van der Waals surface area contributed by atoms with Gasteiger partial charge in [0.15, 0.2) is 0 Å². The van der Waals surface area contributed by atoms with Gasteiger partial charge in [0.05, 0.1) is 5.37 Å². The van der Waals surface area contributed by atoms with Gasteiger partial charge in [0, 0.05) is 18.8 Å². The summed E-state index contributed by atoms with van der Waals surface area (Å²) in [6.45, 7) is 2.74. The molecule has 2 fully saturated rings. The van der Waals surface area contributed by atoms with E-state index >= 15 is 0 Å². The van der Waals surface area contributed by atoms with Gasteiger partial charge in [-0.15, -0.1) is 11.8 Å². The van der Waals surface area contributed by atoms with Crippen molar-refractivity contribution in [2.24, 2.45) is 0 Å².